The quantitative estimate of drug-likeness (QED) is 0.808. The van der Waals surface area contributed by atoms with Crippen LogP contribution in [0, 0.1) is 11.3 Å². The van der Waals surface area contributed by atoms with E-state index in [0.29, 0.717) is 30.1 Å². The molecule has 7 heteroatoms. The van der Waals surface area contributed by atoms with Gasteiger partial charge in [-0.15, -0.1) is 11.3 Å². The van der Waals surface area contributed by atoms with Gasteiger partial charge in [-0.1, -0.05) is 30.3 Å². The largest absolute Gasteiger partial charge is 0.375 e. The van der Waals surface area contributed by atoms with Crippen LogP contribution in [-0.2, 0) is 27.3 Å². The predicted molar refractivity (Wildman–Crippen MR) is 104 cm³/mol. The molecule has 1 N–H and O–H groups in total. The van der Waals surface area contributed by atoms with E-state index in [1.807, 2.05) is 30.3 Å². The molecule has 0 aliphatic carbocycles. The summed E-state index contributed by atoms with van der Waals surface area (Å²) < 4.78 is 4.91. The molecule has 0 radical (unpaired) electrons. The number of nitriles is 1. The number of methoxy groups -OCH3 is 1. The molecule has 0 saturated heterocycles. The number of carbonyl (C=O) groups is 2. The number of nitrogens with zero attached hydrogens (tertiary/aromatic N) is 2. The molecule has 0 atom stereocenters. The number of benzene rings is 1. The maximum Gasteiger partial charge on any atom is 0.249 e. The lowest BCUT2D eigenvalue weighted by Crippen LogP contribution is -2.37. The second-order valence-electron chi connectivity index (χ2n) is 6.05. The molecule has 1 aliphatic heterocycles. The SMILES string of the molecule is COCC(=O)N1CCc2c(sc(NC(=O)C=Cc3ccccc3)c2C#N)C1. The first-order chi connectivity index (χ1) is 13.1. The van der Waals surface area contributed by atoms with Gasteiger partial charge in [0.2, 0.25) is 11.8 Å². The number of anilines is 1. The third kappa shape index (κ3) is 4.42. The van der Waals surface area contributed by atoms with Gasteiger partial charge in [-0.3, -0.25) is 9.59 Å². The highest BCUT2D eigenvalue weighted by atomic mass is 32.1. The summed E-state index contributed by atoms with van der Waals surface area (Å²) in [6, 6.07) is 11.7. The minimum Gasteiger partial charge on any atom is -0.375 e. The van der Waals surface area contributed by atoms with Crippen LogP contribution in [0.4, 0.5) is 5.00 Å². The maximum absolute atomic E-state index is 12.2. The van der Waals surface area contributed by atoms with Crippen molar-refractivity contribution in [3.63, 3.8) is 0 Å². The molecule has 0 fully saturated rings. The lowest BCUT2D eigenvalue weighted by atomic mass is 10.0. The number of nitrogens with one attached hydrogen (secondary N) is 1. The lowest BCUT2D eigenvalue weighted by molar-refractivity contribution is -0.136. The molecular weight excluding hydrogens is 362 g/mol. The van der Waals surface area contributed by atoms with Crippen LogP contribution in [0.3, 0.4) is 0 Å². The standard InChI is InChI=1S/C20H19N3O3S/c1-26-13-19(25)23-10-9-15-16(11-21)20(27-17(15)12-23)22-18(24)8-7-14-5-3-2-4-6-14/h2-8H,9-10,12-13H2,1H3,(H,22,24). The third-order valence-corrected chi connectivity index (χ3v) is 5.38. The van der Waals surface area contributed by atoms with Crippen LogP contribution in [0.2, 0.25) is 0 Å². The monoisotopic (exact) mass is 381 g/mol. The van der Waals surface area contributed by atoms with Crippen molar-refractivity contribution < 1.29 is 14.3 Å². The summed E-state index contributed by atoms with van der Waals surface area (Å²) in [7, 11) is 1.49. The number of rotatable bonds is 5. The summed E-state index contributed by atoms with van der Waals surface area (Å²) in [5, 5.41) is 12.9. The second kappa shape index (κ2) is 8.62. The van der Waals surface area contributed by atoms with E-state index in [4.69, 9.17) is 4.74 Å². The van der Waals surface area contributed by atoms with Crippen molar-refractivity contribution in [2.45, 2.75) is 13.0 Å². The Labute approximate surface area is 161 Å². The molecular formula is C20H19N3O3S. The number of ether oxygens (including phenoxy) is 1. The van der Waals surface area contributed by atoms with E-state index in [1.165, 1.54) is 24.5 Å². The van der Waals surface area contributed by atoms with Gasteiger partial charge in [-0.05, 0) is 23.6 Å². The molecule has 1 aromatic heterocycles. The highest BCUT2D eigenvalue weighted by molar-refractivity contribution is 7.16. The first-order valence-corrected chi connectivity index (χ1v) is 9.29. The zero-order chi connectivity index (χ0) is 19.2. The topological polar surface area (TPSA) is 82.4 Å². The van der Waals surface area contributed by atoms with Crippen LogP contribution in [-0.4, -0.2) is 37.0 Å². The van der Waals surface area contributed by atoms with Gasteiger partial charge in [0.1, 0.15) is 17.7 Å². The van der Waals surface area contributed by atoms with Crippen molar-refractivity contribution >= 4 is 34.2 Å². The van der Waals surface area contributed by atoms with Gasteiger partial charge in [-0.2, -0.15) is 5.26 Å². The van der Waals surface area contributed by atoms with Crippen LogP contribution in [0.5, 0.6) is 0 Å². The Balaban J connectivity index is 1.74. The number of thiophene rings is 1. The maximum atomic E-state index is 12.2. The molecule has 2 amide bonds. The molecule has 138 valence electrons. The predicted octanol–water partition coefficient (Wildman–Crippen LogP) is 2.80. The molecule has 1 aromatic carbocycles. The lowest BCUT2D eigenvalue weighted by Gasteiger charge is -2.26. The number of fused-ring (bicyclic) bond motifs is 1. The summed E-state index contributed by atoms with van der Waals surface area (Å²) in [4.78, 5) is 26.9. The van der Waals surface area contributed by atoms with Crippen molar-refractivity contribution in [2.24, 2.45) is 0 Å². The number of carbonyl (C=O) groups excluding carboxylic acids is 2. The van der Waals surface area contributed by atoms with E-state index < -0.39 is 0 Å². The van der Waals surface area contributed by atoms with Crippen LogP contribution < -0.4 is 5.32 Å². The summed E-state index contributed by atoms with van der Waals surface area (Å²) in [5.41, 5.74) is 2.34. The van der Waals surface area contributed by atoms with Crippen LogP contribution in [0.1, 0.15) is 21.6 Å². The smallest absolute Gasteiger partial charge is 0.249 e. The molecule has 0 unspecified atom stereocenters. The van der Waals surface area contributed by atoms with Crippen molar-refractivity contribution in [3.05, 3.63) is 58.0 Å². The molecule has 0 spiro atoms. The molecule has 6 nitrogen and oxygen atoms in total. The van der Waals surface area contributed by atoms with Crippen molar-refractivity contribution in [2.75, 3.05) is 25.6 Å². The van der Waals surface area contributed by atoms with Gasteiger partial charge >= 0.3 is 0 Å². The first kappa shape index (κ1) is 18.8. The second-order valence-corrected chi connectivity index (χ2v) is 7.16. The molecule has 0 saturated carbocycles. The van der Waals surface area contributed by atoms with Gasteiger partial charge in [0.05, 0.1) is 12.1 Å². The minimum atomic E-state index is -0.290. The molecule has 2 heterocycles. The van der Waals surface area contributed by atoms with Gasteiger partial charge in [0, 0.05) is 24.6 Å². The van der Waals surface area contributed by atoms with E-state index in [-0.39, 0.29) is 18.4 Å². The first-order valence-electron chi connectivity index (χ1n) is 8.48. The molecule has 2 aromatic rings. The van der Waals surface area contributed by atoms with Gasteiger partial charge < -0.3 is 15.0 Å². The Morgan fingerprint density at radius 3 is 2.85 bits per heavy atom. The van der Waals surface area contributed by atoms with Crippen molar-refractivity contribution in [3.8, 4) is 6.07 Å². The van der Waals surface area contributed by atoms with E-state index in [0.717, 1.165) is 16.0 Å². The van der Waals surface area contributed by atoms with E-state index in [9.17, 15) is 14.9 Å². The highest BCUT2D eigenvalue weighted by Crippen LogP contribution is 2.36. The van der Waals surface area contributed by atoms with Crippen LogP contribution in [0.25, 0.3) is 6.08 Å². The van der Waals surface area contributed by atoms with E-state index in [2.05, 4.69) is 11.4 Å². The average Bonchev–Trinajstić information content (AvgIpc) is 3.03. The fraction of sp³-hybridized carbons (Fsp3) is 0.250. The number of amides is 2. The Kier molecular flexibility index (Phi) is 6.01. The van der Waals surface area contributed by atoms with Crippen molar-refractivity contribution in [1.29, 1.82) is 5.26 Å². The van der Waals surface area contributed by atoms with Crippen LogP contribution in [0.15, 0.2) is 36.4 Å². The Bertz CT molecular complexity index is 913. The zero-order valence-electron chi connectivity index (χ0n) is 14.9. The fourth-order valence-corrected chi connectivity index (χ4v) is 4.14. The molecule has 3 rings (SSSR count). The number of hydrogen-bond donors (Lipinski definition) is 1. The summed E-state index contributed by atoms with van der Waals surface area (Å²) >= 11 is 1.35. The molecule has 0 bridgehead atoms. The minimum absolute atomic E-state index is 0.0414. The normalized spacial score (nSPS) is 13.3. The Hall–Kier alpha value is -2.95. The third-order valence-electron chi connectivity index (χ3n) is 4.25. The average molecular weight is 381 g/mol. The van der Waals surface area contributed by atoms with Gasteiger partial charge in [0.25, 0.3) is 0 Å². The van der Waals surface area contributed by atoms with Gasteiger partial charge in [0.15, 0.2) is 0 Å². The zero-order valence-corrected chi connectivity index (χ0v) is 15.7. The Morgan fingerprint density at radius 1 is 1.37 bits per heavy atom. The highest BCUT2D eigenvalue weighted by Gasteiger charge is 2.27. The van der Waals surface area contributed by atoms with Crippen LogP contribution >= 0.6 is 11.3 Å². The molecule has 27 heavy (non-hydrogen) atoms. The fourth-order valence-electron chi connectivity index (χ4n) is 2.93. The summed E-state index contributed by atoms with van der Waals surface area (Å²) in [5.74, 6) is -0.368. The summed E-state index contributed by atoms with van der Waals surface area (Å²) in [6.07, 6.45) is 3.77. The summed E-state index contributed by atoms with van der Waals surface area (Å²) in [6.45, 7) is 1.02. The van der Waals surface area contributed by atoms with Crippen molar-refractivity contribution in [1.82, 2.24) is 4.90 Å². The van der Waals surface area contributed by atoms with E-state index >= 15 is 0 Å². The molecule has 1 aliphatic rings. The van der Waals surface area contributed by atoms with Gasteiger partial charge in [-0.25, -0.2) is 0 Å². The Morgan fingerprint density at radius 2 is 2.15 bits per heavy atom. The van der Waals surface area contributed by atoms with E-state index in [1.54, 1.807) is 11.0 Å². The number of hydrogen-bond acceptors (Lipinski definition) is 5.